The Morgan fingerprint density at radius 1 is 1.21 bits per heavy atom. The van der Waals surface area contributed by atoms with Crippen molar-refractivity contribution < 1.29 is 28.8 Å². The predicted octanol–water partition coefficient (Wildman–Crippen LogP) is 1.96. The van der Waals surface area contributed by atoms with Gasteiger partial charge in [-0.25, -0.2) is 0 Å². The Kier molecular flexibility index (Phi) is 5.01. The second-order valence-corrected chi connectivity index (χ2v) is 7.68. The highest BCUT2D eigenvalue weighted by molar-refractivity contribution is 5.83. The topological polar surface area (TPSA) is 86.3 Å². The standard InChI is InChI=1S/C21H25NO6/c1-12(23)22-17-18(24)19-16(11-25-21(2,3)28-19)27-20(17)26-15-9-8-13-6-4-5-7-14(13)10-15/h4-10,16-20,24H,11H2,1-3H3,(H,22,23)/t16-,17-,18-,19+,20-/m0/s1. The van der Waals surface area contributed by atoms with Crippen molar-refractivity contribution in [3.8, 4) is 5.75 Å². The van der Waals surface area contributed by atoms with Gasteiger partial charge in [-0.1, -0.05) is 30.3 Å². The summed E-state index contributed by atoms with van der Waals surface area (Å²) in [6, 6.07) is 12.9. The molecule has 0 unspecified atom stereocenters. The lowest BCUT2D eigenvalue weighted by molar-refractivity contribution is -0.361. The van der Waals surface area contributed by atoms with Gasteiger partial charge in [-0.2, -0.15) is 0 Å². The summed E-state index contributed by atoms with van der Waals surface area (Å²) in [7, 11) is 0. The van der Waals surface area contributed by atoms with Crippen molar-refractivity contribution in [1.29, 1.82) is 0 Å². The van der Waals surface area contributed by atoms with Gasteiger partial charge in [-0.05, 0) is 36.8 Å². The molecule has 2 fully saturated rings. The first kappa shape index (κ1) is 19.1. The lowest BCUT2D eigenvalue weighted by Gasteiger charge is -2.49. The van der Waals surface area contributed by atoms with Crippen LogP contribution in [-0.4, -0.2) is 54.1 Å². The number of hydrogen-bond acceptors (Lipinski definition) is 6. The van der Waals surface area contributed by atoms with E-state index in [1.807, 2.05) is 42.5 Å². The third-order valence-corrected chi connectivity index (χ3v) is 5.03. The van der Waals surface area contributed by atoms with Gasteiger partial charge in [0.2, 0.25) is 12.2 Å². The van der Waals surface area contributed by atoms with Crippen LogP contribution in [0.1, 0.15) is 20.8 Å². The molecule has 150 valence electrons. The van der Waals surface area contributed by atoms with Crippen molar-refractivity contribution in [3.63, 3.8) is 0 Å². The van der Waals surface area contributed by atoms with Crippen LogP contribution in [0, 0.1) is 0 Å². The van der Waals surface area contributed by atoms with Gasteiger partial charge in [0.1, 0.15) is 30.1 Å². The number of nitrogens with one attached hydrogen (secondary N) is 1. The first-order valence-corrected chi connectivity index (χ1v) is 9.40. The average Bonchev–Trinajstić information content (AvgIpc) is 2.65. The maximum atomic E-state index is 11.7. The molecule has 2 N–H and O–H groups in total. The van der Waals surface area contributed by atoms with Gasteiger partial charge in [-0.3, -0.25) is 4.79 Å². The monoisotopic (exact) mass is 387 g/mol. The van der Waals surface area contributed by atoms with Crippen LogP contribution in [0.4, 0.5) is 0 Å². The number of rotatable bonds is 3. The number of hydrogen-bond donors (Lipinski definition) is 2. The largest absolute Gasteiger partial charge is 0.463 e. The van der Waals surface area contributed by atoms with E-state index in [2.05, 4.69) is 5.32 Å². The van der Waals surface area contributed by atoms with Crippen LogP contribution < -0.4 is 10.1 Å². The predicted molar refractivity (Wildman–Crippen MR) is 102 cm³/mol. The molecule has 7 heteroatoms. The summed E-state index contributed by atoms with van der Waals surface area (Å²) in [5.41, 5.74) is 0. The molecule has 2 aliphatic rings. The molecule has 2 heterocycles. The fraction of sp³-hybridized carbons (Fsp3) is 0.476. The number of fused-ring (bicyclic) bond motifs is 2. The Hall–Kier alpha value is -2.19. The Morgan fingerprint density at radius 2 is 1.96 bits per heavy atom. The van der Waals surface area contributed by atoms with E-state index in [9.17, 15) is 9.90 Å². The summed E-state index contributed by atoms with van der Waals surface area (Å²) in [6.07, 6.45) is -3.01. The number of ether oxygens (including phenoxy) is 4. The SMILES string of the molecule is CC(=O)N[C@@H]1[C@@H](Oc2ccc3ccccc3c2)O[C@H]2COC(C)(C)O[C@H]2[C@H]1O. The van der Waals surface area contributed by atoms with Crippen LogP contribution in [-0.2, 0) is 19.0 Å². The van der Waals surface area contributed by atoms with Gasteiger partial charge < -0.3 is 29.4 Å². The third-order valence-electron chi connectivity index (χ3n) is 5.03. The minimum Gasteiger partial charge on any atom is -0.463 e. The Bertz CT molecular complexity index is 869. The van der Waals surface area contributed by atoms with E-state index in [-0.39, 0.29) is 12.5 Å². The van der Waals surface area contributed by atoms with Crippen LogP contribution in [0.25, 0.3) is 10.8 Å². The molecule has 1 amide bonds. The van der Waals surface area contributed by atoms with Gasteiger partial charge in [0.25, 0.3) is 0 Å². The lowest BCUT2D eigenvalue weighted by Crippen LogP contribution is -2.69. The zero-order valence-electron chi connectivity index (χ0n) is 16.1. The van der Waals surface area contributed by atoms with Crippen LogP contribution in [0.2, 0.25) is 0 Å². The van der Waals surface area contributed by atoms with Crippen LogP contribution in [0.15, 0.2) is 42.5 Å². The first-order valence-electron chi connectivity index (χ1n) is 9.40. The smallest absolute Gasteiger partial charge is 0.223 e. The summed E-state index contributed by atoms with van der Waals surface area (Å²) in [4.78, 5) is 11.7. The minimum absolute atomic E-state index is 0.263. The first-order chi connectivity index (χ1) is 13.3. The number of aliphatic hydroxyl groups excluding tert-OH is 1. The molecular weight excluding hydrogens is 362 g/mol. The molecule has 2 saturated heterocycles. The zero-order chi connectivity index (χ0) is 19.9. The molecule has 28 heavy (non-hydrogen) atoms. The van der Waals surface area contributed by atoms with E-state index in [4.69, 9.17) is 18.9 Å². The number of aliphatic hydroxyl groups is 1. The van der Waals surface area contributed by atoms with Crippen molar-refractivity contribution in [2.75, 3.05) is 6.61 Å². The second kappa shape index (κ2) is 7.33. The second-order valence-electron chi connectivity index (χ2n) is 7.68. The molecule has 7 nitrogen and oxygen atoms in total. The molecule has 0 radical (unpaired) electrons. The summed E-state index contributed by atoms with van der Waals surface area (Å²) in [6.45, 7) is 5.21. The molecule has 0 aromatic heterocycles. The highest BCUT2D eigenvalue weighted by atomic mass is 16.8. The molecule has 4 rings (SSSR count). The molecule has 0 saturated carbocycles. The van der Waals surface area contributed by atoms with Crippen molar-refractivity contribution >= 4 is 16.7 Å². The van der Waals surface area contributed by atoms with Gasteiger partial charge in [0.15, 0.2) is 5.79 Å². The molecule has 0 bridgehead atoms. The van der Waals surface area contributed by atoms with E-state index in [0.717, 1.165) is 10.8 Å². The van der Waals surface area contributed by atoms with Crippen LogP contribution >= 0.6 is 0 Å². The molecule has 5 atom stereocenters. The van der Waals surface area contributed by atoms with Crippen LogP contribution in [0.3, 0.4) is 0 Å². The normalized spacial score (nSPS) is 31.8. The maximum Gasteiger partial charge on any atom is 0.223 e. The molecule has 0 aliphatic carbocycles. The highest BCUT2D eigenvalue weighted by Crippen LogP contribution is 2.33. The van der Waals surface area contributed by atoms with Crippen molar-refractivity contribution in [2.45, 2.75) is 57.2 Å². The lowest BCUT2D eigenvalue weighted by atomic mass is 9.95. The maximum absolute atomic E-state index is 11.7. The van der Waals surface area contributed by atoms with Gasteiger partial charge in [-0.15, -0.1) is 0 Å². The summed E-state index contributed by atoms with van der Waals surface area (Å²) in [5, 5.41) is 15.8. The van der Waals surface area contributed by atoms with Gasteiger partial charge in [0.05, 0.1) is 6.61 Å². The van der Waals surface area contributed by atoms with E-state index in [1.54, 1.807) is 13.8 Å². The molecule has 0 spiro atoms. The molecule has 2 aromatic carbocycles. The molecule has 2 aromatic rings. The number of benzene rings is 2. The summed E-state index contributed by atoms with van der Waals surface area (Å²) in [5.74, 6) is -0.537. The fourth-order valence-electron chi connectivity index (χ4n) is 3.71. The third kappa shape index (κ3) is 3.84. The van der Waals surface area contributed by atoms with Gasteiger partial charge in [0, 0.05) is 6.92 Å². The quantitative estimate of drug-likeness (QED) is 0.837. The highest BCUT2D eigenvalue weighted by Gasteiger charge is 2.52. The van der Waals surface area contributed by atoms with E-state index in [0.29, 0.717) is 5.75 Å². The minimum atomic E-state index is -1.00. The fourth-order valence-corrected chi connectivity index (χ4v) is 3.71. The number of carbonyl (C=O) groups excluding carboxylic acids is 1. The Morgan fingerprint density at radius 3 is 2.71 bits per heavy atom. The van der Waals surface area contributed by atoms with Crippen molar-refractivity contribution in [3.05, 3.63) is 42.5 Å². The van der Waals surface area contributed by atoms with E-state index < -0.39 is 36.4 Å². The molecular formula is C21H25NO6. The Labute approximate surface area is 163 Å². The van der Waals surface area contributed by atoms with Crippen molar-refractivity contribution in [2.24, 2.45) is 0 Å². The summed E-state index contributed by atoms with van der Waals surface area (Å²) < 4.78 is 23.6. The Balaban J connectivity index is 1.59. The van der Waals surface area contributed by atoms with E-state index >= 15 is 0 Å². The average molecular weight is 387 g/mol. The van der Waals surface area contributed by atoms with Gasteiger partial charge >= 0.3 is 0 Å². The van der Waals surface area contributed by atoms with Crippen molar-refractivity contribution in [1.82, 2.24) is 5.32 Å². The summed E-state index contributed by atoms with van der Waals surface area (Å²) >= 11 is 0. The van der Waals surface area contributed by atoms with Crippen LogP contribution in [0.5, 0.6) is 5.75 Å². The molecule has 2 aliphatic heterocycles. The van der Waals surface area contributed by atoms with E-state index in [1.165, 1.54) is 6.92 Å². The number of amides is 1. The number of carbonyl (C=O) groups is 1. The zero-order valence-corrected chi connectivity index (χ0v) is 16.1.